The van der Waals surface area contributed by atoms with Gasteiger partial charge in [0, 0.05) is 11.1 Å². The van der Waals surface area contributed by atoms with Crippen molar-refractivity contribution in [3.8, 4) is 11.6 Å². The molecule has 3 rings (SSSR count). The monoisotopic (exact) mass is 437 g/mol. The Balaban J connectivity index is 1.91. The van der Waals surface area contributed by atoms with E-state index < -0.39 is 30.2 Å². The summed E-state index contributed by atoms with van der Waals surface area (Å²) in [6, 6.07) is 9.98. The van der Waals surface area contributed by atoms with E-state index in [0.29, 0.717) is 10.7 Å². The van der Waals surface area contributed by atoms with Crippen molar-refractivity contribution in [1.82, 2.24) is 15.1 Å². The number of aliphatic carboxylic acids is 1. The van der Waals surface area contributed by atoms with E-state index >= 15 is 0 Å². The number of carboxylic acid groups (broad SMARTS) is 1. The fraction of sp³-hybridized carbons (Fsp3) is 0.105. The lowest BCUT2D eigenvalue weighted by molar-refractivity contribution is -0.137. The van der Waals surface area contributed by atoms with E-state index in [1.54, 1.807) is 24.3 Å². The Bertz CT molecular complexity index is 1090. The fourth-order valence-corrected chi connectivity index (χ4v) is 3.18. The lowest BCUT2D eigenvalue weighted by Crippen LogP contribution is -2.31. The smallest absolute Gasteiger partial charge is 0.305 e. The van der Waals surface area contributed by atoms with Crippen molar-refractivity contribution in [2.24, 2.45) is 0 Å². The summed E-state index contributed by atoms with van der Waals surface area (Å²) in [6.07, 6.45) is -0.536. The molecule has 0 aliphatic rings. The number of aromatic hydroxyl groups is 1. The average Bonchev–Trinajstić information content (AvgIpc) is 3.05. The Morgan fingerprint density at radius 1 is 1.14 bits per heavy atom. The third-order valence-corrected chi connectivity index (χ3v) is 4.69. The van der Waals surface area contributed by atoms with Crippen LogP contribution >= 0.6 is 23.2 Å². The fourth-order valence-electron chi connectivity index (χ4n) is 2.71. The number of para-hydroxylation sites is 1. The van der Waals surface area contributed by atoms with Crippen molar-refractivity contribution >= 4 is 35.1 Å². The summed E-state index contributed by atoms with van der Waals surface area (Å²) in [7, 11) is 0. The highest BCUT2D eigenvalue weighted by Gasteiger charge is 2.24. The molecule has 0 fully saturated rings. The average molecular weight is 438 g/mol. The number of hydrogen-bond acceptors (Lipinski definition) is 4. The maximum absolute atomic E-state index is 13.6. The zero-order valence-electron chi connectivity index (χ0n) is 14.6. The highest BCUT2D eigenvalue weighted by molar-refractivity contribution is 6.32. The summed E-state index contributed by atoms with van der Waals surface area (Å²) in [5.74, 6) is -2.98. The summed E-state index contributed by atoms with van der Waals surface area (Å²) >= 11 is 12.1. The summed E-state index contributed by atoms with van der Waals surface area (Å²) in [4.78, 5) is 23.8. The summed E-state index contributed by atoms with van der Waals surface area (Å²) < 4.78 is 14.7. The second-order valence-corrected chi connectivity index (χ2v) is 6.86. The van der Waals surface area contributed by atoms with Gasteiger partial charge >= 0.3 is 5.97 Å². The van der Waals surface area contributed by atoms with Gasteiger partial charge in [-0.15, -0.1) is 0 Å². The summed E-state index contributed by atoms with van der Waals surface area (Å²) in [5.41, 5.74) is 0.267. The molecule has 3 N–H and O–H groups in total. The van der Waals surface area contributed by atoms with Crippen LogP contribution in [-0.4, -0.2) is 31.9 Å². The molecule has 7 nitrogen and oxygen atoms in total. The molecular formula is C19H14Cl2FN3O4. The third kappa shape index (κ3) is 4.67. The van der Waals surface area contributed by atoms with Crippen LogP contribution in [0.4, 0.5) is 4.39 Å². The first-order valence-electron chi connectivity index (χ1n) is 8.28. The molecule has 0 spiro atoms. The Morgan fingerprint density at radius 2 is 1.86 bits per heavy atom. The first-order chi connectivity index (χ1) is 13.8. The number of carboxylic acids is 1. The van der Waals surface area contributed by atoms with Gasteiger partial charge in [-0.2, -0.15) is 9.78 Å². The molecule has 1 amide bonds. The predicted molar refractivity (Wildman–Crippen MR) is 104 cm³/mol. The van der Waals surface area contributed by atoms with Crippen LogP contribution in [0.25, 0.3) is 5.69 Å². The SMILES string of the molecule is O=C(O)CC(NC(=O)c1cc(O)n(-c2ccccc2Cl)n1)c1cc(F)ccc1Cl. The van der Waals surface area contributed by atoms with Crippen LogP contribution in [-0.2, 0) is 4.79 Å². The second-order valence-electron chi connectivity index (χ2n) is 6.04. The maximum atomic E-state index is 13.6. The lowest BCUT2D eigenvalue weighted by atomic mass is 10.0. The van der Waals surface area contributed by atoms with Gasteiger partial charge < -0.3 is 15.5 Å². The molecule has 0 radical (unpaired) electrons. The molecular weight excluding hydrogens is 424 g/mol. The number of halogens is 3. The van der Waals surface area contributed by atoms with Crippen molar-refractivity contribution in [2.45, 2.75) is 12.5 Å². The van der Waals surface area contributed by atoms with E-state index in [4.69, 9.17) is 28.3 Å². The molecule has 0 saturated heterocycles. The standard InChI is InChI=1S/C19H14Cl2FN3O4/c20-12-6-5-10(22)7-11(12)14(9-18(27)28)23-19(29)15-8-17(26)25(24-15)16-4-2-1-3-13(16)21/h1-8,14,26H,9H2,(H,23,29)(H,27,28). The van der Waals surface area contributed by atoms with Crippen LogP contribution in [0.5, 0.6) is 5.88 Å². The topological polar surface area (TPSA) is 104 Å². The predicted octanol–water partition coefficient (Wildman–Crippen LogP) is 3.97. The van der Waals surface area contributed by atoms with Gasteiger partial charge in [-0.3, -0.25) is 9.59 Å². The molecule has 1 aromatic heterocycles. The Kier molecular flexibility index (Phi) is 6.05. The lowest BCUT2D eigenvalue weighted by Gasteiger charge is -2.18. The van der Waals surface area contributed by atoms with Crippen LogP contribution < -0.4 is 5.32 Å². The van der Waals surface area contributed by atoms with E-state index in [1.807, 2.05) is 0 Å². The molecule has 0 aliphatic carbocycles. The van der Waals surface area contributed by atoms with Gasteiger partial charge in [0.1, 0.15) is 5.82 Å². The van der Waals surface area contributed by atoms with Crippen molar-refractivity contribution in [1.29, 1.82) is 0 Å². The van der Waals surface area contributed by atoms with Crippen molar-refractivity contribution in [3.05, 3.63) is 75.7 Å². The normalized spacial score (nSPS) is 11.8. The molecule has 0 saturated carbocycles. The van der Waals surface area contributed by atoms with Gasteiger partial charge in [0.25, 0.3) is 5.91 Å². The number of carbonyl (C=O) groups is 2. The van der Waals surface area contributed by atoms with Gasteiger partial charge in [-0.25, -0.2) is 4.39 Å². The zero-order valence-corrected chi connectivity index (χ0v) is 16.2. The maximum Gasteiger partial charge on any atom is 0.305 e. The number of rotatable bonds is 6. The summed E-state index contributed by atoms with van der Waals surface area (Å²) in [5, 5.41) is 26.2. The molecule has 1 unspecified atom stereocenters. The number of nitrogens with one attached hydrogen (secondary N) is 1. The third-order valence-electron chi connectivity index (χ3n) is 4.02. The van der Waals surface area contributed by atoms with E-state index in [-0.39, 0.29) is 22.2 Å². The molecule has 29 heavy (non-hydrogen) atoms. The Morgan fingerprint density at radius 3 is 2.55 bits per heavy atom. The van der Waals surface area contributed by atoms with Gasteiger partial charge in [-0.05, 0) is 35.9 Å². The Labute approximate surface area is 174 Å². The van der Waals surface area contributed by atoms with Gasteiger partial charge in [-0.1, -0.05) is 35.3 Å². The molecule has 10 heteroatoms. The first-order valence-corrected chi connectivity index (χ1v) is 9.03. The molecule has 1 atom stereocenters. The van der Waals surface area contributed by atoms with E-state index in [1.165, 1.54) is 6.07 Å². The number of benzene rings is 2. The quantitative estimate of drug-likeness (QED) is 0.541. The first kappa shape index (κ1) is 20.6. The molecule has 150 valence electrons. The van der Waals surface area contributed by atoms with E-state index in [0.717, 1.165) is 22.9 Å². The number of hydrogen-bond donors (Lipinski definition) is 3. The summed E-state index contributed by atoms with van der Waals surface area (Å²) in [6.45, 7) is 0. The highest BCUT2D eigenvalue weighted by atomic mass is 35.5. The van der Waals surface area contributed by atoms with E-state index in [2.05, 4.69) is 10.4 Å². The molecule has 1 heterocycles. The van der Waals surface area contributed by atoms with Crippen molar-refractivity contribution < 1.29 is 24.2 Å². The van der Waals surface area contributed by atoms with Gasteiger partial charge in [0.05, 0.1) is 23.2 Å². The minimum Gasteiger partial charge on any atom is -0.493 e. The largest absolute Gasteiger partial charge is 0.493 e. The minimum atomic E-state index is -1.22. The van der Waals surface area contributed by atoms with Crippen molar-refractivity contribution in [3.63, 3.8) is 0 Å². The number of carbonyl (C=O) groups excluding carboxylic acids is 1. The minimum absolute atomic E-state index is 0.0994. The highest BCUT2D eigenvalue weighted by Crippen LogP contribution is 2.28. The molecule has 0 bridgehead atoms. The zero-order chi connectivity index (χ0) is 21.1. The van der Waals surface area contributed by atoms with E-state index in [9.17, 15) is 19.1 Å². The molecule has 0 aliphatic heterocycles. The van der Waals surface area contributed by atoms with Crippen LogP contribution in [0.15, 0.2) is 48.5 Å². The Hall–Kier alpha value is -3.10. The van der Waals surface area contributed by atoms with Gasteiger partial charge in [0.15, 0.2) is 5.69 Å². The van der Waals surface area contributed by atoms with Crippen LogP contribution in [0.3, 0.4) is 0 Å². The van der Waals surface area contributed by atoms with Gasteiger partial charge in [0.2, 0.25) is 5.88 Å². The number of aromatic nitrogens is 2. The van der Waals surface area contributed by atoms with Crippen LogP contribution in [0, 0.1) is 5.82 Å². The number of nitrogens with zero attached hydrogens (tertiary/aromatic N) is 2. The second kappa shape index (κ2) is 8.50. The molecule has 2 aromatic carbocycles. The van der Waals surface area contributed by atoms with Crippen molar-refractivity contribution in [2.75, 3.05) is 0 Å². The number of amides is 1. The van der Waals surface area contributed by atoms with Crippen LogP contribution in [0.1, 0.15) is 28.5 Å². The van der Waals surface area contributed by atoms with Crippen LogP contribution in [0.2, 0.25) is 10.0 Å². The molecule has 3 aromatic rings.